The van der Waals surface area contributed by atoms with Gasteiger partial charge in [-0.2, -0.15) is 0 Å². The van der Waals surface area contributed by atoms with E-state index in [-0.39, 0.29) is 0 Å². The Balaban J connectivity index is 1.90. The lowest BCUT2D eigenvalue weighted by molar-refractivity contribution is 1.09. The van der Waals surface area contributed by atoms with Gasteiger partial charge in [0, 0.05) is 41.3 Å². The zero-order chi connectivity index (χ0) is 15.7. The molecule has 0 aliphatic heterocycles. The van der Waals surface area contributed by atoms with Crippen molar-refractivity contribution >= 4 is 27.5 Å². The zero-order valence-electron chi connectivity index (χ0n) is 12.8. The van der Waals surface area contributed by atoms with Gasteiger partial charge in [-0.25, -0.2) is 4.98 Å². The molecule has 5 aromatic rings. The first-order chi connectivity index (χ1) is 11.9. The smallest absolute Gasteiger partial charge is 0.164 e. The molecule has 0 fully saturated rings. The first-order valence-electron chi connectivity index (χ1n) is 8.02. The second kappa shape index (κ2) is 4.17. The summed E-state index contributed by atoms with van der Waals surface area (Å²) in [5, 5.41) is 2.22. The molecule has 0 saturated carbocycles. The summed E-state index contributed by atoms with van der Waals surface area (Å²) in [6, 6.07) is 14.7. The number of imidazole rings is 1. The second-order valence-electron chi connectivity index (χ2n) is 6.19. The molecule has 0 spiro atoms. The van der Waals surface area contributed by atoms with Crippen molar-refractivity contribution in [1.29, 1.82) is 0 Å². The first-order valence-corrected chi connectivity index (χ1v) is 8.02. The van der Waals surface area contributed by atoms with Crippen molar-refractivity contribution in [3.8, 4) is 11.3 Å². The lowest BCUT2D eigenvalue weighted by atomic mass is 10.1. The molecule has 0 bridgehead atoms. The van der Waals surface area contributed by atoms with Crippen molar-refractivity contribution in [3.05, 3.63) is 72.3 Å². The Kier molecular flexibility index (Phi) is 2.12. The molecule has 1 aliphatic carbocycles. The normalized spacial score (nSPS) is 12.8. The summed E-state index contributed by atoms with van der Waals surface area (Å²) in [5.41, 5.74) is 7.92. The van der Waals surface area contributed by atoms with Crippen molar-refractivity contribution < 1.29 is 0 Å². The second-order valence-corrected chi connectivity index (χ2v) is 6.19. The van der Waals surface area contributed by atoms with E-state index in [1.165, 1.54) is 16.8 Å². The summed E-state index contributed by atoms with van der Waals surface area (Å²) in [7, 11) is 0. The van der Waals surface area contributed by atoms with E-state index in [2.05, 4.69) is 50.8 Å². The Bertz CT molecular complexity index is 1280. The number of hydrogen-bond acceptors (Lipinski definition) is 3. The maximum absolute atomic E-state index is 4.99. The fourth-order valence-corrected chi connectivity index (χ4v) is 3.93. The minimum Gasteiger partial charge on any atom is -0.294 e. The van der Waals surface area contributed by atoms with Crippen LogP contribution in [0, 0.1) is 0 Å². The van der Waals surface area contributed by atoms with Gasteiger partial charge >= 0.3 is 0 Å². The lowest BCUT2D eigenvalue weighted by Gasteiger charge is -2.08. The Hall–Kier alpha value is -3.27. The average Bonchev–Trinajstić information content (AvgIpc) is 3.18. The van der Waals surface area contributed by atoms with Gasteiger partial charge in [0.05, 0.1) is 16.9 Å². The predicted octanol–water partition coefficient (Wildman–Crippen LogP) is 4.00. The maximum atomic E-state index is 4.99. The van der Waals surface area contributed by atoms with E-state index in [9.17, 15) is 0 Å². The summed E-state index contributed by atoms with van der Waals surface area (Å²) in [6.45, 7) is 0. The van der Waals surface area contributed by atoms with Crippen LogP contribution in [0.3, 0.4) is 0 Å². The van der Waals surface area contributed by atoms with Gasteiger partial charge in [0.25, 0.3) is 0 Å². The molecule has 4 heteroatoms. The quantitative estimate of drug-likeness (QED) is 0.398. The van der Waals surface area contributed by atoms with E-state index in [0.717, 1.165) is 39.6 Å². The topological polar surface area (TPSA) is 43.1 Å². The van der Waals surface area contributed by atoms with Crippen LogP contribution in [0.2, 0.25) is 0 Å². The fourth-order valence-electron chi connectivity index (χ4n) is 3.93. The molecule has 0 amide bonds. The number of fused-ring (bicyclic) bond motifs is 10. The molecule has 0 radical (unpaired) electrons. The largest absolute Gasteiger partial charge is 0.294 e. The van der Waals surface area contributed by atoms with Gasteiger partial charge in [-0.1, -0.05) is 30.3 Å². The molecule has 0 saturated heterocycles. The average molecular weight is 308 g/mol. The molecular weight excluding hydrogens is 296 g/mol. The molecular formula is C20H12N4. The number of hydrogen-bond donors (Lipinski definition) is 0. The molecule has 1 aromatic carbocycles. The van der Waals surface area contributed by atoms with Crippen LogP contribution in [0.4, 0.5) is 0 Å². The number of benzene rings is 1. The molecule has 4 heterocycles. The zero-order valence-corrected chi connectivity index (χ0v) is 12.8. The molecule has 0 unspecified atom stereocenters. The lowest BCUT2D eigenvalue weighted by Crippen LogP contribution is -1.97. The summed E-state index contributed by atoms with van der Waals surface area (Å²) in [4.78, 5) is 13.9. The Morgan fingerprint density at radius 1 is 0.917 bits per heavy atom. The van der Waals surface area contributed by atoms with E-state index in [1.807, 2.05) is 24.7 Å². The maximum Gasteiger partial charge on any atom is 0.164 e. The van der Waals surface area contributed by atoms with Gasteiger partial charge in [0.1, 0.15) is 5.52 Å². The van der Waals surface area contributed by atoms with E-state index in [1.54, 1.807) is 0 Å². The van der Waals surface area contributed by atoms with Crippen molar-refractivity contribution in [3.63, 3.8) is 0 Å². The highest BCUT2D eigenvalue weighted by Crippen LogP contribution is 2.39. The van der Waals surface area contributed by atoms with Gasteiger partial charge in [-0.15, -0.1) is 0 Å². The highest BCUT2D eigenvalue weighted by atomic mass is 15.1. The number of rotatable bonds is 0. The molecule has 4 aromatic heterocycles. The molecule has 24 heavy (non-hydrogen) atoms. The van der Waals surface area contributed by atoms with Crippen LogP contribution in [0.25, 0.3) is 38.7 Å². The Morgan fingerprint density at radius 2 is 1.88 bits per heavy atom. The van der Waals surface area contributed by atoms with Gasteiger partial charge in [0.15, 0.2) is 5.65 Å². The van der Waals surface area contributed by atoms with Crippen LogP contribution in [-0.4, -0.2) is 19.4 Å². The van der Waals surface area contributed by atoms with Crippen LogP contribution < -0.4 is 0 Å². The highest BCUT2D eigenvalue weighted by Gasteiger charge is 2.26. The molecule has 0 atom stereocenters. The molecule has 1 aliphatic rings. The van der Waals surface area contributed by atoms with Crippen molar-refractivity contribution in [1.82, 2.24) is 19.4 Å². The van der Waals surface area contributed by atoms with Crippen molar-refractivity contribution in [2.45, 2.75) is 6.42 Å². The predicted molar refractivity (Wildman–Crippen MR) is 94.0 cm³/mol. The van der Waals surface area contributed by atoms with Crippen molar-refractivity contribution in [2.24, 2.45) is 0 Å². The summed E-state index contributed by atoms with van der Waals surface area (Å²) >= 11 is 0. The van der Waals surface area contributed by atoms with E-state index in [4.69, 9.17) is 4.98 Å². The van der Waals surface area contributed by atoms with E-state index < -0.39 is 0 Å². The molecule has 4 nitrogen and oxygen atoms in total. The number of pyridine rings is 3. The molecule has 6 rings (SSSR count). The monoisotopic (exact) mass is 308 g/mol. The summed E-state index contributed by atoms with van der Waals surface area (Å²) < 4.78 is 2.27. The van der Waals surface area contributed by atoms with Crippen LogP contribution in [0.1, 0.15) is 11.3 Å². The van der Waals surface area contributed by atoms with Crippen LogP contribution in [-0.2, 0) is 6.42 Å². The Labute approximate surface area is 137 Å². The van der Waals surface area contributed by atoms with Crippen LogP contribution in [0.15, 0.2) is 61.1 Å². The van der Waals surface area contributed by atoms with Gasteiger partial charge in [-0.3, -0.25) is 14.4 Å². The number of nitrogens with zero attached hydrogens (tertiary/aromatic N) is 4. The van der Waals surface area contributed by atoms with E-state index in [0.29, 0.717) is 0 Å². The standard InChI is InChI=1S/C20H12N4/c1-2-5-13-12(4-1)10-17-18(13)23-20-19-14(6-3-8-22-19)15-11-21-9-7-16(15)24(17)20/h1-9,11H,10H2. The first kappa shape index (κ1) is 12.2. The summed E-state index contributed by atoms with van der Waals surface area (Å²) in [6.07, 6.45) is 6.51. The fraction of sp³-hybridized carbons (Fsp3) is 0.0500. The minimum atomic E-state index is 0.905. The third-order valence-corrected chi connectivity index (χ3v) is 4.95. The molecule has 112 valence electrons. The van der Waals surface area contributed by atoms with Gasteiger partial charge < -0.3 is 0 Å². The van der Waals surface area contributed by atoms with Gasteiger partial charge in [0.2, 0.25) is 0 Å². The van der Waals surface area contributed by atoms with Gasteiger partial charge in [-0.05, 0) is 17.7 Å². The van der Waals surface area contributed by atoms with Crippen LogP contribution in [0.5, 0.6) is 0 Å². The number of aromatic nitrogens is 4. The highest BCUT2D eigenvalue weighted by molar-refractivity contribution is 6.10. The summed E-state index contributed by atoms with van der Waals surface area (Å²) in [5.74, 6) is 0. The Morgan fingerprint density at radius 3 is 2.88 bits per heavy atom. The van der Waals surface area contributed by atoms with Crippen molar-refractivity contribution in [2.75, 3.05) is 0 Å². The molecule has 0 N–H and O–H groups in total. The van der Waals surface area contributed by atoms with Crippen LogP contribution >= 0.6 is 0 Å². The van der Waals surface area contributed by atoms with E-state index >= 15 is 0 Å². The SMILES string of the molecule is c1ccc2c(c1)Cc1c-2nc2c3ncccc3c3cnccc3n12. The minimum absolute atomic E-state index is 0.905. The third kappa shape index (κ3) is 1.36. The third-order valence-electron chi connectivity index (χ3n) is 4.95.